The van der Waals surface area contributed by atoms with Crippen LogP contribution in [0.15, 0.2) is 30.3 Å². The first kappa shape index (κ1) is 14.5. The molecule has 0 aliphatic carbocycles. The van der Waals surface area contributed by atoms with E-state index in [9.17, 15) is 5.11 Å². The van der Waals surface area contributed by atoms with Crippen molar-refractivity contribution in [1.82, 2.24) is 9.80 Å². The van der Waals surface area contributed by atoms with Crippen LogP contribution in [0.25, 0.3) is 0 Å². The molecule has 1 fully saturated rings. The van der Waals surface area contributed by atoms with E-state index in [-0.39, 0.29) is 18.2 Å². The number of aliphatic hydroxyl groups excluding tert-OH is 1. The molecule has 3 heteroatoms. The third-order valence-corrected chi connectivity index (χ3v) is 4.37. The van der Waals surface area contributed by atoms with Crippen LogP contribution in [0, 0.1) is 0 Å². The lowest BCUT2D eigenvalue weighted by Gasteiger charge is -2.49. The summed E-state index contributed by atoms with van der Waals surface area (Å²) in [5, 5.41) is 9.58. The first-order valence-electron chi connectivity index (χ1n) is 7.13. The zero-order valence-electron chi connectivity index (χ0n) is 12.3. The average Bonchev–Trinajstić information content (AvgIpc) is 2.40. The summed E-state index contributed by atoms with van der Waals surface area (Å²) in [5.74, 6) is 0. The molecule has 1 aliphatic rings. The van der Waals surface area contributed by atoms with Crippen LogP contribution in [0.1, 0.15) is 19.4 Å². The highest BCUT2D eigenvalue weighted by Crippen LogP contribution is 2.22. The number of benzene rings is 1. The molecule has 2 rings (SSSR count). The molecule has 0 aromatic heterocycles. The Kier molecular flexibility index (Phi) is 4.61. The third-order valence-electron chi connectivity index (χ3n) is 4.37. The van der Waals surface area contributed by atoms with Gasteiger partial charge in [-0.05, 0) is 32.9 Å². The maximum absolute atomic E-state index is 9.58. The van der Waals surface area contributed by atoms with Crippen LogP contribution in [0.5, 0.6) is 0 Å². The SMILES string of the molecule is CN1CC(CO)N(CCc2ccccc2)CC1(C)C. The Balaban J connectivity index is 1.97. The van der Waals surface area contributed by atoms with Crippen molar-refractivity contribution in [3.63, 3.8) is 0 Å². The normalized spacial score (nSPS) is 24.5. The van der Waals surface area contributed by atoms with E-state index in [4.69, 9.17) is 0 Å². The molecule has 1 N–H and O–H groups in total. The lowest BCUT2D eigenvalue weighted by Crippen LogP contribution is -2.63. The molecule has 1 saturated heterocycles. The summed E-state index contributed by atoms with van der Waals surface area (Å²) in [6.07, 6.45) is 1.05. The van der Waals surface area contributed by atoms with E-state index < -0.39 is 0 Å². The Bertz CT molecular complexity index is 391. The summed E-state index contributed by atoms with van der Waals surface area (Å²) in [6, 6.07) is 10.9. The standard InChI is InChI=1S/C16H26N2O/c1-16(2)13-18(15(12-19)11-17(16)3)10-9-14-7-5-4-6-8-14/h4-8,15,19H,9-13H2,1-3H3. The molecule has 106 valence electrons. The molecule has 0 spiro atoms. The highest BCUT2D eigenvalue weighted by atomic mass is 16.3. The Morgan fingerprint density at radius 3 is 2.58 bits per heavy atom. The van der Waals surface area contributed by atoms with E-state index in [1.807, 2.05) is 0 Å². The van der Waals surface area contributed by atoms with Crippen LogP contribution < -0.4 is 0 Å². The molecular weight excluding hydrogens is 236 g/mol. The van der Waals surface area contributed by atoms with Gasteiger partial charge in [0, 0.05) is 31.2 Å². The van der Waals surface area contributed by atoms with Crippen LogP contribution in [0.2, 0.25) is 0 Å². The van der Waals surface area contributed by atoms with Gasteiger partial charge in [0.1, 0.15) is 0 Å². The zero-order valence-corrected chi connectivity index (χ0v) is 12.3. The Hall–Kier alpha value is -0.900. The second kappa shape index (κ2) is 6.04. The largest absolute Gasteiger partial charge is 0.395 e. The quantitative estimate of drug-likeness (QED) is 0.893. The maximum Gasteiger partial charge on any atom is 0.0599 e. The number of likely N-dealkylation sites (N-methyl/N-ethyl adjacent to an activating group) is 1. The average molecular weight is 262 g/mol. The predicted molar refractivity (Wildman–Crippen MR) is 79.3 cm³/mol. The number of rotatable bonds is 4. The molecule has 1 aromatic rings. The van der Waals surface area contributed by atoms with Gasteiger partial charge in [-0.25, -0.2) is 0 Å². The molecular formula is C16H26N2O. The topological polar surface area (TPSA) is 26.7 Å². The van der Waals surface area contributed by atoms with Crippen molar-refractivity contribution in [2.75, 3.05) is 33.3 Å². The van der Waals surface area contributed by atoms with E-state index >= 15 is 0 Å². The maximum atomic E-state index is 9.58. The van der Waals surface area contributed by atoms with Crippen LogP contribution in [-0.2, 0) is 6.42 Å². The zero-order chi connectivity index (χ0) is 13.9. The van der Waals surface area contributed by atoms with Gasteiger partial charge >= 0.3 is 0 Å². The van der Waals surface area contributed by atoms with Gasteiger partial charge in [0.25, 0.3) is 0 Å². The molecule has 0 radical (unpaired) electrons. The molecule has 1 unspecified atom stereocenters. The van der Waals surface area contributed by atoms with Crippen LogP contribution in [0.3, 0.4) is 0 Å². The molecule has 1 heterocycles. The third kappa shape index (κ3) is 3.56. The monoisotopic (exact) mass is 262 g/mol. The van der Waals surface area contributed by atoms with Gasteiger partial charge in [-0.1, -0.05) is 30.3 Å². The lowest BCUT2D eigenvalue weighted by atomic mass is 9.96. The van der Waals surface area contributed by atoms with Gasteiger partial charge in [0.2, 0.25) is 0 Å². The fourth-order valence-corrected chi connectivity index (χ4v) is 2.78. The van der Waals surface area contributed by atoms with Crippen molar-refractivity contribution < 1.29 is 5.11 Å². The van der Waals surface area contributed by atoms with Crippen LogP contribution in [-0.4, -0.2) is 59.8 Å². The molecule has 0 bridgehead atoms. The van der Waals surface area contributed by atoms with Crippen molar-refractivity contribution >= 4 is 0 Å². The first-order valence-corrected chi connectivity index (χ1v) is 7.13. The first-order chi connectivity index (χ1) is 9.03. The molecule has 1 atom stereocenters. The van der Waals surface area contributed by atoms with E-state index in [0.717, 1.165) is 26.1 Å². The molecule has 19 heavy (non-hydrogen) atoms. The number of hydrogen-bond acceptors (Lipinski definition) is 3. The van der Waals surface area contributed by atoms with Crippen molar-refractivity contribution in [2.24, 2.45) is 0 Å². The minimum Gasteiger partial charge on any atom is -0.395 e. The van der Waals surface area contributed by atoms with E-state index in [2.05, 4.69) is 61.0 Å². The van der Waals surface area contributed by atoms with E-state index in [1.54, 1.807) is 0 Å². The van der Waals surface area contributed by atoms with Crippen molar-refractivity contribution in [3.8, 4) is 0 Å². The molecule has 1 aromatic carbocycles. The van der Waals surface area contributed by atoms with Crippen LogP contribution in [0.4, 0.5) is 0 Å². The molecule has 0 amide bonds. The minimum absolute atomic E-state index is 0.183. The highest BCUT2D eigenvalue weighted by Gasteiger charge is 2.36. The number of piperazine rings is 1. The number of nitrogens with zero attached hydrogens (tertiary/aromatic N) is 2. The van der Waals surface area contributed by atoms with Gasteiger partial charge in [-0.15, -0.1) is 0 Å². The van der Waals surface area contributed by atoms with E-state index in [1.165, 1.54) is 5.56 Å². The van der Waals surface area contributed by atoms with Crippen molar-refractivity contribution in [2.45, 2.75) is 31.8 Å². The summed E-state index contributed by atoms with van der Waals surface area (Å²) < 4.78 is 0. The van der Waals surface area contributed by atoms with Crippen molar-refractivity contribution in [1.29, 1.82) is 0 Å². The molecule has 1 aliphatic heterocycles. The Morgan fingerprint density at radius 1 is 1.26 bits per heavy atom. The summed E-state index contributed by atoms with van der Waals surface area (Å²) in [4.78, 5) is 4.79. The van der Waals surface area contributed by atoms with Crippen molar-refractivity contribution in [3.05, 3.63) is 35.9 Å². The van der Waals surface area contributed by atoms with Gasteiger partial charge < -0.3 is 5.11 Å². The van der Waals surface area contributed by atoms with Gasteiger partial charge in [-0.2, -0.15) is 0 Å². The van der Waals surface area contributed by atoms with Crippen LogP contribution >= 0.6 is 0 Å². The smallest absolute Gasteiger partial charge is 0.0599 e. The van der Waals surface area contributed by atoms with Gasteiger partial charge in [-0.3, -0.25) is 9.80 Å². The molecule has 3 nitrogen and oxygen atoms in total. The summed E-state index contributed by atoms with van der Waals surface area (Å²) in [6.45, 7) is 7.77. The second-order valence-corrected chi connectivity index (χ2v) is 6.24. The van der Waals surface area contributed by atoms with Gasteiger partial charge in [0.15, 0.2) is 0 Å². The van der Waals surface area contributed by atoms with E-state index in [0.29, 0.717) is 0 Å². The number of aliphatic hydroxyl groups is 1. The minimum atomic E-state index is 0.183. The summed E-state index contributed by atoms with van der Waals surface area (Å²) in [7, 11) is 2.15. The summed E-state index contributed by atoms with van der Waals surface area (Å²) >= 11 is 0. The number of hydrogen-bond donors (Lipinski definition) is 1. The summed E-state index contributed by atoms with van der Waals surface area (Å²) in [5.41, 5.74) is 1.55. The molecule has 0 saturated carbocycles. The second-order valence-electron chi connectivity index (χ2n) is 6.24. The Labute approximate surface area is 116 Å². The predicted octanol–water partition coefficient (Wildman–Crippen LogP) is 1.62. The lowest BCUT2D eigenvalue weighted by molar-refractivity contribution is -0.0198. The fourth-order valence-electron chi connectivity index (χ4n) is 2.78. The Morgan fingerprint density at radius 2 is 1.95 bits per heavy atom. The fraction of sp³-hybridized carbons (Fsp3) is 0.625. The van der Waals surface area contributed by atoms with Gasteiger partial charge in [0.05, 0.1) is 6.61 Å². The highest BCUT2D eigenvalue weighted by molar-refractivity contribution is 5.15.